The summed E-state index contributed by atoms with van der Waals surface area (Å²) in [5.74, 6) is 0.331. The van der Waals surface area contributed by atoms with E-state index in [-0.39, 0.29) is 13.2 Å². The van der Waals surface area contributed by atoms with Crippen LogP contribution in [-0.4, -0.2) is 41.3 Å². The van der Waals surface area contributed by atoms with Crippen LogP contribution in [0.5, 0.6) is 0 Å². The largest absolute Gasteiger partial charge is 0.395 e. The molecule has 1 rings (SSSR count). The van der Waals surface area contributed by atoms with Crippen LogP contribution in [0.3, 0.4) is 0 Å². The third-order valence-corrected chi connectivity index (χ3v) is 2.30. The molecular weight excluding hydrogens is 230 g/mol. The summed E-state index contributed by atoms with van der Waals surface area (Å²) < 4.78 is 24.7. The second-order valence-electron chi connectivity index (χ2n) is 3.68. The molecule has 0 aliphatic carbocycles. The number of hydrogen-bond donors (Lipinski definition) is 2. The van der Waals surface area contributed by atoms with E-state index < -0.39 is 19.1 Å². The van der Waals surface area contributed by atoms with Gasteiger partial charge >= 0.3 is 0 Å². The molecule has 0 saturated heterocycles. The van der Waals surface area contributed by atoms with Crippen molar-refractivity contribution in [2.24, 2.45) is 0 Å². The summed E-state index contributed by atoms with van der Waals surface area (Å²) in [5, 5.41) is 18.2. The topological polar surface area (TPSA) is 56.6 Å². The lowest BCUT2D eigenvalue weighted by Gasteiger charge is -2.23. The summed E-state index contributed by atoms with van der Waals surface area (Å²) in [4.78, 5) is 5.25. The average molecular weight is 246 g/mol. The lowest BCUT2D eigenvalue weighted by atomic mass is 10.1. The van der Waals surface area contributed by atoms with E-state index in [0.717, 1.165) is 0 Å². The van der Waals surface area contributed by atoms with Gasteiger partial charge in [0.1, 0.15) is 5.82 Å². The number of halogens is 2. The Morgan fingerprint density at radius 1 is 1.47 bits per heavy atom. The van der Waals surface area contributed by atoms with Crippen molar-refractivity contribution < 1.29 is 19.0 Å². The number of aliphatic hydroxyl groups excluding tert-OH is 2. The van der Waals surface area contributed by atoms with Crippen LogP contribution in [0.15, 0.2) is 18.3 Å². The van der Waals surface area contributed by atoms with Gasteiger partial charge in [-0.3, -0.25) is 0 Å². The van der Waals surface area contributed by atoms with Crippen LogP contribution in [-0.2, 0) is 0 Å². The summed E-state index contributed by atoms with van der Waals surface area (Å²) in [6.45, 7) is 0.952. The minimum absolute atomic E-state index is 0.0839. The second kappa shape index (κ2) is 6.46. The minimum atomic E-state index is -2.50. The van der Waals surface area contributed by atoms with Gasteiger partial charge in [0.05, 0.1) is 19.3 Å². The minimum Gasteiger partial charge on any atom is -0.395 e. The van der Waals surface area contributed by atoms with E-state index in [9.17, 15) is 13.9 Å². The summed E-state index contributed by atoms with van der Waals surface area (Å²) in [6.07, 6.45) is -1.73. The quantitative estimate of drug-likeness (QED) is 0.792. The third kappa shape index (κ3) is 4.24. The highest BCUT2D eigenvalue weighted by atomic mass is 19.3. The molecular formula is C11H16F2N2O2. The van der Waals surface area contributed by atoms with Crippen molar-refractivity contribution in [2.45, 2.75) is 19.5 Å². The maximum absolute atomic E-state index is 12.4. The molecule has 0 radical (unpaired) electrons. The van der Waals surface area contributed by atoms with Gasteiger partial charge in [-0.25, -0.2) is 13.8 Å². The van der Waals surface area contributed by atoms with E-state index in [1.165, 1.54) is 11.1 Å². The van der Waals surface area contributed by atoms with Crippen LogP contribution in [0.2, 0.25) is 0 Å². The highest BCUT2D eigenvalue weighted by Crippen LogP contribution is 2.18. The van der Waals surface area contributed by atoms with Crippen molar-refractivity contribution in [1.82, 2.24) is 4.98 Å². The van der Waals surface area contributed by atoms with Gasteiger partial charge in [-0.05, 0) is 24.6 Å². The number of rotatable bonds is 6. The number of hydrogen-bond acceptors (Lipinski definition) is 4. The van der Waals surface area contributed by atoms with Crippen LogP contribution in [0.4, 0.5) is 14.6 Å². The molecule has 0 aliphatic rings. The zero-order valence-electron chi connectivity index (χ0n) is 9.55. The van der Waals surface area contributed by atoms with Crippen LogP contribution >= 0.6 is 0 Å². The van der Waals surface area contributed by atoms with Gasteiger partial charge in [-0.1, -0.05) is 0 Å². The summed E-state index contributed by atoms with van der Waals surface area (Å²) in [6, 6.07) is 3.16. The zero-order chi connectivity index (χ0) is 12.8. The fourth-order valence-corrected chi connectivity index (χ4v) is 1.45. The lowest BCUT2D eigenvalue weighted by molar-refractivity contribution is 0.152. The molecule has 1 heterocycles. The molecule has 96 valence electrons. The Balaban J connectivity index is 2.88. The molecule has 4 nitrogen and oxygen atoms in total. The van der Waals surface area contributed by atoms with Crippen molar-refractivity contribution in [3.05, 3.63) is 23.9 Å². The normalized spacial score (nSPS) is 12.8. The fraction of sp³-hybridized carbons (Fsp3) is 0.545. The van der Waals surface area contributed by atoms with Crippen LogP contribution < -0.4 is 4.90 Å². The number of pyridine rings is 1. The van der Waals surface area contributed by atoms with E-state index >= 15 is 0 Å². The predicted molar refractivity (Wildman–Crippen MR) is 60.2 cm³/mol. The highest BCUT2D eigenvalue weighted by molar-refractivity contribution is 5.41. The van der Waals surface area contributed by atoms with Gasteiger partial charge in [-0.15, -0.1) is 0 Å². The predicted octanol–water partition coefficient (Wildman–Crippen LogP) is 1.20. The Hall–Kier alpha value is -1.27. The van der Waals surface area contributed by atoms with E-state index in [4.69, 9.17) is 5.11 Å². The molecule has 1 aromatic rings. The molecule has 1 atom stereocenters. The van der Waals surface area contributed by atoms with Crippen molar-refractivity contribution in [1.29, 1.82) is 0 Å². The Bertz CT molecular complexity index is 348. The van der Waals surface area contributed by atoms with Gasteiger partial charge < -0.3 is 15.1 Å². The first-order valence-electron chi connectivity index (χ1n) is 5.32. The number of aromatic nitrogens is 1. The Kier molecular flexibility index (Phi) is 5.24. The molecule has 0 spiro atoms. The average Bonchev–Trinajstić information content (AvgIpc) is 2.28. The van der Waals surface area contributed by atoms with Gasteiger partial charge in [0.25, 0.3) is 6.43 Å². The first kappa shape index (κ1) is 13.8. The summed E-state index contributed by atoms with van der Waals surface area (Å²) >= 11 is 0. The third-order valence-electron chi connectivity index (χ3n) is 2.30. The Labute approximate surface area is 98.5 Å². The molecule has 0 aromatic carbocycles. The molecule has 2 N–H and O–H groups in total. The molecule has 6 heteroatoms. The summed E-state index contributed by atoms with van der Waals surface area (Å²) in [7, 11) is 0. The monoisotopic (exact) mass is 246 g/mol. The van der Waals surface area contributed by atoms with Crippen LogP contribution in [0.25, 0.3) is 0 Å². The molecule has 0 unspecified atom stereocenters. The van der Waals surface area contributed by atoms with Gasteiger partial charge in [0.15, 0.2) is 0 Å². The lowest BCUT2D eigenvalue weighted by Crippen LogP contribution is -2.32. The maximum Gasteiger partial charge on any atom is 0.255 e. The molecule has 0 saturated carbocycles. The van der Waals surface area contributed by atoms with Gasteiger partial charge in [0, 0.05) is 12.7 Å². The highest BCUT2D eigenvalue weighted by Gasteiger charge is 2.14. The van der Waals surface area contributed by atoms with Crippen molar-refractivity contribution in [2.75, 3.05) is 24.6 Å². The van der Waals surface area contributed by atoms with Crippen molar-refractivity contribution >= 4 is 5.82 Å². The molecule has 0 fully saturated rings. The number of aliphatic hydroxyl groups is 2. The first-order valence-corrected chi connectivity index (χ1v) is 5.32. The Morgan fingerprint density at radius 3 is 2.71 bits per heavy atom. The fourth-order valence-electron chi connectivity index (χ4n) is 1.45. The molecule has 1 aromatic heterocycles. The zero-order valence-corrected chi connectivity index (χ0v) is 9.55. The standard InChI is InChI=1S/C11H16F2N2O2/c1-8(17)9-2-3-14-11(6-9)15(4-5-16)7-10(12)13/h2-3,6,8,10,16-17H,4-5,7H2,1H3/t8-/m1/s1. The SMILES string of the molecule is C[C@@H](O)c1ccnc(N(CCO)CC(F)F)c1. The molecule has 0 amide bonds. The van der Waals surface area contributed by atoms with E-state index in [1.54, 1.807) is 19.1 Å². The number of alkyl halides is 2. The first-order chi connectivity index (χ1) is 8.04. The smallest absolute Gasteiger partial charge is 0.255 e. The molecule has 0 bridgehead atoms. The van der Waals surface area contributed by atoms with Crippen molar-refractivity contribution in [3.8, 4) is 0 Å². The van der Waals surface area contributed by atoms with E-state index in [1.807, 2.05) is 0 Å². The van der Waals surface area contributed by atoms with Gasteiger partial charge in [-0.2, -0.15) is 0 Å². The van der Waals surface area contributed by atoms with E-state index in [2.05, 4.69) is 4.98 Å². The van der Waals surface area contributed by atoms with Crippen molar-refractivity contribution in [3.63, 3.8) is 0 Å². The second-order valence-corrected chi connectivity index (χ2v) is 3.68. The van der Waals surface area contributed by atoms with E-state index in [0.29, 0.717) is 11.4 Å². The number of nitrogens with zero attached hydrogens (tertiary/aromatic N) is 2. The summed E-state index contributed by atoms with van der Waals surface area (Å²) in [5.41, 5.74) is 0.604. The number of anilines is 1. The molecule has 17 heavy (non-hydrogen) atoms. The van der Waals surface area contributed by atoms with Crippen LogP contribution in [0, 0.1) is 0 Å². The van der Waals surface area contributed by atoms with Gasteiger partial charge in [0.2, 0.25) is 0 Å². The maximum atomic E-state index is 12.4. The van der Waals surface area contributed by atoms with Crippen LogP contribution in [0.1, 0.15) is 18.6 Å². The molecule has 0 aliphatic heterocycles. The Morgan fingerprint density at radius 2 is 2.18 bits per heavy atom.